The van der Waals surface area contributed by atoms with Crippen molar-refractivity contribution >= 4 is 34.0 Å². The number of halogens is 1. The zero-order valence-electron chi connectivity index (χ0n) is 14.8. The summed E-state index contributed by atoms with van der Waals surface area (Å²) in [5.74, 6) is -0.215. The van der Waals surface area contributed by atoms with Gasteiger partial charge in [-0.15, -0.1) is 10.2 Å². The third-order valence-corrected chi connectivity index (χ3v) is 5.42. The standard InChI is InChI=1S/C22H16ClN3OS/c23-19-9-5-4-8-18(19)21-25-26-22(28-21)24-20(27)17-12-10-16(11-13-17)14-15-6-2-1-3-7-15/h1-13H,14H2,(H,24,26,27). The zero-order valence-corrected chi connectivity index (χ0v) is 16.4. The first-order chi connectivity index (χ1) is 13.7. The lowest BCUT2D eigenvalue weighted by atomic mass is 10.0. The molecule has 1 N–H and O–H groups in total. The average Bonchev–Trinajstić information content (AvgIpc) is 3.18. The summed E-state index contributed by atoms with van der Waals surface area (Å²) in [4.78, 5) is 12.5. The fourth-order valence-electron chi connectivity index (χ4n) is 2.79. The van der Waals surface area contributed by atoms with Gasteiger partial charge in [-0.3, -0.25) is 10.1 Å². The molecule has 0 aliphatic carbocycles. The molecular formula is C22H16ClN3OS. The maximum absolute atomic E-state index is 12.5. The molecule has 0 radical (unpaired) electrons. The van der Waals surface area contributed by atoms with Crippen molar-refractivity contribution in [3.8, 4) is 10.6 Å². The summed E-state index contributed by atoms with van der Waals surface area (Å²) in [5, 5.41) is 12.7. The Morgan fingerprint density at radius 3 is 2.29 bits per heavy atom. The van der Waals surface area contributed by atoms with Crippen molar-refractivity contribution in [2.45, 2.75) is 6.42 Å². The van der Waals surface area contributed by atoms with Crippen LogP contribution in [0.2, 0.25) is 5.02 Å². The van der Waals surface area contributed by atoms with Gasteiger partial charge in [-0.2, -0.15) is 0 Å². The van der Waals surface area contributed by atoms with Crippen LogP contribution in [0.1, 0.15) is 21.5 Å². The van der Waals surface area contributed by atoms with Crippen molar-refractivity contribution in [1.82, 2.24) is 10.2 Å². The topological polar surface area (TPSA) is 54.9 Å². The number of aromatic nitrogens is 2. The molecule has 0 saturated heterocycles. The Balaban J connectivity index is 1.43. The summed E-state index contributed by atoms with van der Waals surface area (Å²) in [5.41, 5.74) is 3.76. The molecule has 0 bridgehead atoms. The van der Waals surface area contributed by atoms with Crippen LogP contribution in [-0.2, 0) is 6.42 Å². The fraction of sp³-hybridized carbons (Fsp3) is 0.0455. The van der Waals surface area contributed by atoms with E-state index in [1.807, 2.05) is 60.7 Å². The van der Waals surface area contributed by atoms with Crippen LogP contribution < -0.4 is 5.32 Å². The molecule has 0 spiro atoms. The van der Waals surface area contributed by atoms with Gasteiger partial charge >= 0.3 is 0 Å². The van der Waals surface area contributed by atoms with Gasteiger partial charge in [0.25, 0.3) is 5.91 Å². The Labute approximate surface area is 171 Å². The monoisotopic (exact) mass is 405 g/mol. The van der Waals surface area contributed by atoms with E-state index in [9.17, 15) is 4.79 Å². The van der Waals surface area contributed by atoms with Crippen LogP contribution in [0.3, 0.4) is 0 Å². The van der Waals surface area contributed by atoms with Gasteiger partial charge in [-0.1, -0.05) is 83.6 Å². The molecular weight excluding hydrogens is 390 g/mol. The number of nitrogens with zero attached hydrogens (tertiary/aromatic N) is 2. The molecule has 1 heterocycles. The molecule has 0 saturated carbocycles. The minimum absolute atomic E-state index is 0.215. The SMILES string of the molecule is O=C(Nc1nnc(-c2ccccc2Cl)s1)c1ccc(Cc2ccccc2)cc1. The summed E-state index contributed by atoms with van der Waals surface area (Å²) < 4.78 is 0. The number of nitrogens with one attached hydrogen (secondary N) is 1. The second kappa shape index (κ2) is 8.33. The van der Waals surface area contributed by atoms with Crippen LogP contribution >= 0.6 is 22.9 Å². The van der Waals surface area contributed by atoms with Crippen molar-refractivity contribution in [2.75, 3.05) is 5.32 Å². The Morgan fingerprint density at radius 2 is 1.54 bits per heavy atom. The summed E-state index contributed by atoms with van der Waals surface area (Å²) in [6, 6.07) is 25.2. The van der Waals surface area contributed by atoms with Crippen LogP contribution in [0, 0.1) is 0 Å². The predicted molar refractivity (Wildman–Crippen MR) is 114 cm³/mol. The largest absolute Gasteiger partial charge is 0.296 e. The molecule has 138 valence electrons. The van der Waals surface area contributed by atoms with E-state index in [0.717, 1.165) is 17.5 Å². The Bertz CT molecular complexity index is 1090. The second-order valence-electron chi connectivity index (χ2n) is 6.21. The van der Waals surface area contributed by atoms with Crippen LogP contribution in [0.25, 0.3) is 10.6 Å². The minimum atomic E-state index is -0.215. The Kier molecular flexibility index (Phi) is 5.46. The van der Waals surface area contributed by atoms with Gasteiger partial charge in [-0.25, -0.2) is 0 Å². The van der Waals surface area contributed by atoms with E-state index in [0.29, 0.717) is 20.7 Å². The van der Waals surface area contributed by atoms with E-state index in [-0.39, 0.29) is 5.91 Å². The molecule has 3 aromatic carbocycles. The molecule has 1 aromatic heterocycles. The third kappa shape index (κ3) is 4.27. The van der Waals surface area contributed by atoms with Crippen molar-refractivity contribution in [3.05, 3.63) is 101 Å². The predicted octanol–water partition coefficient (Wildman–Crippen LogP) is 5.70. The normalized spacial score (nSPS) is 10.6. The van der Waals surface area contributed by atoms with E-state index < -0.39 is 0 Å². The average molecular weight is 406 g/mol. The number of carbonyl (C=O) groups is 1. The highest BCUT2D eigenvalue weighted by Gasteiger charge is 2.13. The molecule has 28 heavy (non-hydrogen) atoms. The molecule has 6 heteroatoms. The lowest BCUT2D eigenvalue weighted by Gasteiger charge is -2.04. The fourth-order valence-corrected chi connectivity index (χ4v) is 3.85. The molecule has 0 aliphatic rings. The van der Waals surface area contributed by atoms with Crippen LogP contribution in [-0.4, -0.2) is 16.1 Å². The lowest BCUT2D eigenvalue weighted by molar-refractivity contribution is 0.102. The smallest absolute Gasteiger partial charge is 0.257 e. The number of anilines is 1. The first-order valence-electron chi connectivity index (χ1n) is 8.72. The number of amides is 1. The van der Waals surface area contributed by atoms with E-state index in [1.54, 1.807) is 6.07 Å². The van der Waals surface area contributed by atoms with Crippen LogP contribution in [0.4, 0.5) is 5.13 Å². The van der Waals surface area contributed by atoms with Gasteiger partial charge in [0, 0.05) is 11.1 Å². The molecule has 0 fully saturated rings. The second-order valence-corrected chi connectivity index (χ2v) is 7.59. The molecule has 4 nitrogen and oxygen atoms in total. The highest BCUT2D eigenvalue weighted by molar-refractivity contribution is 7.18. The van der Waals surface area contributed by atoms with Gasteiger partial charge < -0.3 is 0 Å². The van der Waals surface area contributed by atoms with Crippen LogP contribution in [0.15, 0.2) is 78.9 Å². The summed E-state index contributed by atoms with van der Waals surface area (Å²) in [7, 11) is 0. The van der Waals surface area contributed by atoms with Crippen molar-refractivity contribution in [3.63, 3.8) is 0 Å². The quantitative estimate of drug-likeness (QED) is 0.463. The highest BCUT2D eigenvalue weighted by Crippen LogP contribution is 2.31. The molecule has 4 aromatic rings. The zero-order chi connectivity index (χ0) is 19.3. The lowest BCUT2D eigenvalue weighted by Crippen LogP contribution is -2.11. The van der Waals surface area contributed by atoms with Crippen molar-refractivity contribution in [1.29, 1.82) is 0 Å². The van der Waals surface area contributed by atoms with E-state index >= 15 is 0 Å². The summed E-state index contributed by atoms with van der Waals surface area (Å²) in [6.45, 7) is 0. The molecule has 4 rings (SSSR count). The van der Waals surface area contributed by atoms with E-state index in [4.69, 9.17) is 11.6 Å². The van der Waals surface area contributed by atoms with Gasteiger partial charge in [0.1, 0.15) is 0 Å². The Morgan fingerprint density at radius 1 is 0.857 bits per heavy atom. The van der Waals surface area contributed by atoms with Gasteiger partial charge in [0.05, 0.1) is 5.02 Å². The highest BCUT2D eigenvalue weighted by atomic mass is 35.5. The van der Waals surface area contributed by atoms with Gasteiger partial charge in [0.2, 0.25) is 5.13 Å². The molecule has 0 atom stereocenters. The van der Waals surface area contributed by atoms with Gasteiger partial charge in [0.15, 0.2) is 5.01 Å². The first-order valence-corrected chi connectivity index (χ1v) is 9.91. The molecule has 0 aliphatic heterocycles. The van der Waals surface area contributed by atoms with E-state index in [1.165, 1.54) is 16.9 Å². The third-order valence-electron chi connectivity index (χ3n) is 4.22. The maximum atomic E-state index is 12.5. The van der Waals surface area contributed by atoms with Crippen LogP contribution in [0.5, 0.6) is 0 Å². The maximum Gasteiger partial charge on any atom is 0.257 e. The summed E-state index contributed by atoms with van der Waals surface area (Å²) >= 11 is 7.48. The first kappa shape index (κ1) is 18.3. The van der Waals surface area contributed by atoms with Gasteiger partial charge in [-0.05, 0) is 35.7 Å². The number of rotatable bonds is 5. The number of benzene rings is 3. The number of hydrogen-bond donors (Lipinski definition) is 1. The molecule has 1 amide bonds. The van der Waals surface area contributed by atoms with E-state index in [2.05, 4.69) is 27.6 Å². The Hall–Kier alpha value is -3.02. The number of carbonyl (C=O) groups excluding carboxylic acids is 1. The molecule has 0 unspecified atom stereocenters. The minimum Gasteiger partial charge on any atom is -0.296 e. The summed E-state index contributed by atoms with van der Waals surface area (Å²) in [6.07, 6.45) is 0.834. The van der Waals surface area contributed by atoms with Crippen molar-refractivity contribution in [2.24, 2.45) is 0 Å². The number of hydrogen-bond acceptors (Lipinski definition) is 4. The van der Waals surface area contributed by atoms with Crippen molar-refractivity contribution < 1.29 is 4.79 Å².